The van der Waals surface area contributed by atoms with Crippen molar-refractivity contribution in [1.82, 2.24) is 10.4 Å². The first kappa shape index (κ1) is 14.2. The summed E-state index contributed by atoms with van der Waals surface area (Å²) >= 11 is 11.6. The second-order valence-electron chi connectivity index (χ2n) is 4.05. The van der Waals surface area contributed by atoms with Gasteiger partial charge in [0, 0.05) is 6.20 Å². The molecular formula is C13H12Cl2FN3. The Morgan fingerprint density at radius 1 is 1.32 bits per heavy atom. The lowest BCUT2D eigenvalue weighted by Crippen LogP contribution is -2.29. The smallest absolute Gasteiger partial charge is 0.145 e. The van der Waals surface area contributed by atoms with Crippen molar-refractivity contribution in [3.8, 4) is 0 Å². The van der Waals surface area contributed by atoms with Crippen molar-refractivity contribution in [2.45, 2.75) is 12.5 Å². The number of pyridine rings is 1. The highest BCUT2D eigenvalue weighted by Crippen LogP contribution is 2.24. The van der Waals surface area contributed by atoms with Gasteiger partial charge in [-0.05, 0) is 35.7 Å². The molecule has 1 heterocycles. The zero-order chi connectivity index (χ0) is 13.8. The van der Waals surface area contributed by atoms with Crippen LogP contribution < -0.4 is 11.3 Å². The molecule has 2 aromatic rings. The van der Waals surface area contributed by atoms with Gasteiger partial charge in [0.2, 0.25) is 0 Å². The van der Waals surface area contributed by atoms with E-state index < -0.39 is 5.82 Å². The van der Waals surface area contributed by atoms with E-state index in [-0.39, 0.29) is 11.1 Å². The van der Waals surface area contributed by atoms with Crippen LogP contribution in [0.3, 0.4) is 0 Å². The Morgan fingerprint density at radius 2 is 2.11 bits per heavy atom. The van der Waals surface area contributed by atoms with E-state index in [2.05, 4.69) is 10.4 Å². The molecule has 0 bridgehead atoms. The minimum Gasteiger partial charge on any atom is -0.271 e. The Hall–Kier alpha value is -1.20. The molecular weight excluding hydrogens is 288 g/mol. The van der Waals surface area contributed by atoms with Crippen LogP contribution in [0, 0.1) is 5.82 Å². The molecule has 0 amide bonds. The van der Waals surface area contributed by atoms with Gasteiger partial charge >= 0.3 is 0 Å². The molecule has 0 saturated carbocycles. The first-order valence-corrected chi connectivity index (χ1v) is 6.38. The fourth-order valence-electron chi connectivity index (χ4n) is 1.83. The zero-order valence-corrected chi connectivity index (χ0v) is 11.4. The number of hydrogen-bond acceptors (Lipinski definition) is 3. The highest BCUT2D eigenvalue weighted by atomic mass is 35.5. The van der Waals surface area contributed by atoms with Gasteiger partial charge in [-0.3, -0.25) is 11.3 Å². The first-order valence-electron chi connectivity index (χ1n) is 5.62. The van der Waals surface area contributed by atoms with E-state index in [1.165, 1.54) is 6.07 Å². The van der Waals surface area contributed by atoms with Crippen molar-refractivity contribution in [1.29, 1.82) is 0 Å². The number of benzene rings is 1. The lowest BCUT2D eigenvalue weighted by Gasteiger charge is -2.17. The molecule has 6 heteroatoms. The average Bonchev–Trinajstić information content (AvgIpc) is 2.40. The summed E-state index contributed by atoms with van der Waals surface area (Å²) in [4.78, 5) is 3.90. The lowest BCUT2D eigenvalue weighted by atomic mass is 10.00. The summed E-state index contributed by atoms with van der Waals surface area (Å²) in [5.41, 5.74) is 3.97. The van der Waals surface area contributed by atoms with E-state index >= 15 is 0 Å². The fraction of sp³-hybridized carbons (Fsp3) is 0.154. The number of hydrogen-bond donors (Lipinski definition) is 2. The van der Waals surface area contributed by atoms with Crippen molar-refractivity contribution >= 4 is 23.2 Å². The molecule has 1 aromatic heterocycles. The molecule has 1 aromatic carbocycles. The Morgan fingerprint density at radius 3 is 2.79 bits per heavy atom. The third kappa shape index (κ3) is 3.42. The van der Waals surface area contributed by atoms with Crippen LogP contribution in [0.25, 0.3) is 0 Å². The number of nitrogens with zero attached hydrogens (tertiary/aromatic N) is 1. The second-order valence-corrected chi connectivity index (χ2v) is 4.84. The number of aromatic nitrogens is 1. The Bertz CT molecular complexity index is 578. The van der Waals surface area contributed by atoms with E-state index in [1.807, 2.05) is 0 Å². The van der Waals surface area contributed by atoms with Crippen LogP contribution in [-0.4, -0.2) is 4.98 Å². The van der Waals surface area contributed by atoms with Gasteiger partial charge < -0.3 is 0 Å². The van der Waals surface area contributed by atoms with Gasteiger partial charge in [-0.2, -0.15) is 0 Å². The van der Waals surface area contributed by atoms with Crippen molar-refractivity contribution in [2.24, 2.45) is 5.84 Å². The molecule has 0 spiro atoms. The Balaban J connectivity index is 2.26. The molecule has 3 nitrogen and oxygen atoms in total. The summed E-state index contributed by atoms with van der Waals surface area (Å²) in [6, 6.07) is 8.08. The van der Waals surface area contributed by atoms with Crippen molar-refractivity contribution in [2.75, 3.05) is 0 Å². The van der Waals surface area contributed by atoms with E-state index in [9.17, 15) is 4.39 Å². The molecule has 0 saturated heterocycles. The number of hydrazine groups is 1. The maximum absolute atomic E-state index is 13.9. The van der Waals surface area contributed by atoms with Gasteiger partial charge in [0.1, 0.15) is 11.0 Å². The molecule has 0 radical (unpaired) electrons. The van der Waals surface area contributed by atoms with Crippen LogP contribution in [-0.2, 0) is 6.42 Å². The molecule has 0 fully saturated rings. The van der Waals surface area contributed by atoms with E-state index in [0.29, 0.717) is 17.1 Å². The molecule has 3 N–H and O–H groups in total. The van der Waals surface area contributed by atoms with E-state index in [4.69, 9.17) is 29.0 Å². The lowest BCUT2D eigenvalue weighted by molar-refractivity contribution is 0.529. The fourth-order valence-corrected chi connectivity index (χ4v) is 2.21. The standard InChI is InChI=1S/C13H12Cl2FN3/c14-10-3-1-2-9(13(10)16)6-11(19-17)8-4-5-18-12(15)7-8/h1-5,7,11,19H,6,17H2. The molecule has 0 aliphatic carbocycles. The number of nitrogens with two attached hydrogens (primary N) is 1. The number of halogens is 3. The average molecular weight is 300 g/mol. The Kier molecular flexibility index (Phi) is 4.71. The normalized spacial score (nSPS) is 12.4. The molecule has 19 heavy (non-hydrogen) atoms. The topological polar surface area (TPSA) is 50.9 Å². The van der Waals surface area contributed by atoms with Gasteiger partial charge in [-0.25, -0.2) is 9.37 Å². The van der Waals surface area contributed by atoms with Gasteiger partial charge in [0.05, 0.1) is 11.1 Å². The second kappa shape index (κ2) is 6.30. The molecule has 2 rings (SSSR count). The van der Waals surface area contributed by atoms with Gasteiger partial charge in [-0.15, -0.1) is 0 Å². The van der Waals surface area contributed by atoms with Crippen LogP contribution in [0.4, 0.5) is 4.39 Å². The Labute approximate surface area is 120 Å². The van der Waals surface area contributed by atoms with E-state index in [0.717, 1.165) is 5.56 Å². The third-order valence-corrected chi connectivity index (χ3v) is 3.31. The SMILES string of the molecule is NNC(Cc1cccc(Cl)c1F)c1ccnc(Cl)c1. The summed E-state index contributed by atoms with van der Waals surface area (Å²) < 4.78 is 13.9. The number of rotatable bonds is 4. The minimum atomic E-state index is -0.426. The minimum absolute atomic E-state index is 0.0982. The summed E-state index contributed by atoms with van der Waals surface area (Å²) in [5, 5.41) is 0.463. The van der Waals surface area contributed by atoms with Crippen LogP contribution in [0.15, 0.2) is 36.5 Å². The summed E-state index contributed by atoms with van der Waals surface area (Å²) in [6.45, 7) is 0. The summed E-state index contributed by atoms with van der Waals surface area (Å²) in [7, 11) is 0. The quantitative estimate of drug-likeness (QED) is 0.517. The van der Waals surface area contributed by atoms with Gasteiger partial charge in [0.25, 0.3) is 0 Å². The van der Waals surface area contributed by atoms with Crippen molar-refractivity contribution < 1.29 is 4.39 Å². The van der Waals surface area contributed by atoms with Gasteiger partial charge in [-0.1, -0.05) is 35.3 Å². The summed E-state index contributed by atoms with van der Waals surface area (Å²) in [5.74, 6) is 5.10. The number of nitrogens with one attached hydrogen (secondary N) is 1. The zero-order valence-electron chi connectivity index (χ0n) is 9.91. The van der Waals surface area contributed by atoms with Crippen molar-refractivity contribution in [3.05, 3.63) is 63.6 Å². The van der Waals surface area contributed by atoms with Crippen LogP contribution in [0.2, 0.25) is 10.2 Å². The molecule has 100 valence electrons. The monoisotopic (exact) mass is 299 g/mol. The van der Waals surface area contributed by atoms with Crippen LogP contribution >= 0.6 is 23.2 Å². The predicted octanol–water partition coefficient (Wildman–Crippen LogP) is 3.27. The first-order chi connectivity index (χ1) is 9.11. The maximum Gasteiger partial charge on any atom is 0.145 e. The predicted molar refractivity (Wildman–Crippen MR) is 74.4 cm³/mol. The van der Waals surface area contributed by atoms with Crippen LogP contribution in [0.1, 0.15) is 17.2 Å². The van der Waals surface area contributed by atoms with Crippen molar-refractivity contribution in [3.63, 3.8) is 0 Å². The highest BCUT2D eigenvalue weighted by molar-refractivity contribution is 6.30. The van der Waals surface area contributed by atoms with Crippen LogP contribution in [0.5, 0.6) is 0 Å². The van der Waals surface area contributed by atoms with Gasteiger partial charge in [0.15, 0.2) is 0 Å². The molecule has 1 atom stereocenters. The largest absolute Gasteiger partial charge is 0.271 e. The van der Waals surface area contributed by atoms with E-state index in [1.54, 1.807) is 30.5 Å². The molecule has 0 aliphatic rings. The maximum atomic E-state index is 13.9. The molecule has 0 aliphatic heterocycles. The highest BCUT2D eigenvalue weighted by Gasteiger charge is 2.15. The molecule has 1 unspecified atom stereocenters. The summed E-state index contributed by atoms with van der Waals surface area (Å²) in [6.07, 6.45) is 1.94. The third-order valence-electron chi connectivity index (χ3n) is 2.81.